The molecule has 0 unspecified atom stereocenters. The van der Waals surface area contributed by atoms with Gasteiger partial charge in [-0.2, -0.15) is 0 Å². The van der Waals surface area contributed by atoms with Gasteiger partial charge >= 0.3 is 0 Å². The third-order valence-electron chi connectivity index (χ3n) is 5.51. The van der Waals surface area contributed by atoms with Crippen molar-refractivity contribution >= 4 is 11.6 Å². The van der Waals surface area contributed by atoms with E-state index in [-0.39, 0.29) is 11.9 Å². The Labute approximate surface area is 173 Å². The van der Waals surface area contributed by atoms with Crippen LogP contribution < -0.4 is 14.8 Å². The van der Waals surface area contributed by atoms with Crippen LogP contribution in [0.4, 0.5) is 5.69 Å². The molecular weight excluding hydrogens is 366 g/mol. The average molecular weight is 398 g/mol. The zero-order valence-electron chi connectivity index (χ0n) is 17.8. The van der Waals surface area contributed by atoms with Crippen LogP contribution >= 0.6 is 0 Å². The minimum atomic E-state index is -0.153. The van der Waals surface area contributed by atoms with Crippen LogP contribution in [-0.2, 0) is 11.3 Å². The summed E-state index contributed by atoms with van der Waals surface area (Å²) in [5.74, 6) is 1.54. The fourth-order valence-corrected chi connectivity index (χ4v) is 3.60. The summed E-state index contributed by atoms with van der Waals surface area (Å²) in [5, 5.41) is 3.02. The van der Waals surface area contributed by atoms with E-state index < -0.39 is 0 Å². The van der Waals surface area contributed by atoms with E-state index in [0.717, 1.165) is 49.9 Å². The minimum absolute atomic E-state index is 0.0437. The number of amides is 1. The molecule has 1 fully saturated rings. The maximum atomic E-state index is 12.6. The Morgan fingerprint density at radius 2 is 1.66 bits per heavy atom. The molecule has 156 valence electrons. The van der Waals surface area contributed by atoms with Crippen molar-refractivity contribution in [3.63, 3.8) is 0 Å². The Morgan fingerprint density at radius 3 is 2.28 bits per heavy atom. The number of anilines is 1. The lowest BCUT2D eigenvalue weighted by molar-refractivity contribution is -0.121. The second-order valence-corrected chi connectivity index (χ2v) is 7.53. The van der Waals surface area contributed by atoms with E-state index in [1.54, 1.807) is 14.2 Å². The lowest BCUT2D eigenvalue weighted by Crippen LogP contribution is -2.52. The van der Waals surface area contributed by atoms with E-state index in [1.807, 2.05) is 50.2 Å². The lowest BCUT2D eigenvalue weighted by atomic mass is 10.1. The maximum Gasteiger partial charge on any atom is 0.241 e. The molecule has 6 heteroatoms. The first-order chi connectivity index (χ1) is 14.0. The summed E-state index contributed by atoms with van der Waals surface area (Å²) in [6.45, 7) is 8.47. The van der Waals surface area contributed by atoms with Gasteiger partial charge in [-0.25, -0.2) is 0 Å². The summed E-state index contributed by atoms with van der Waals surface area (Å²) < 4.78 is 10.7. The van der Waals surface area contributed by atoms with Gasteiger partial charge in [-0.3, -0.25) is 14.6 Å². The second kappa shape index (κ2) is 9.76. The Kier molecular flexibility index (Phi) is 7.12. The van der Waals surface area contributed by atoms with Crippen molar-refractivity contribution in [2.45, 2.75) is 26.4 Å². The standard InChI is InChI=1S/C23H31N3O3/c1-17-5-8-20(9-6-17)24-23(27)18(2)26-13-11-25(12-14-26)16-19-7-10-21(28-3)22(15-19)29-4/h5-10,15,18H,11-14,16H2,1-4H3,(H,24,27)/t18-/m1/s1. The zero-order valence-corrected chi connectivity index (χ0v) is 17.8. The third-order valence-corrected chi connectivity index (χ3v) is 5.51. The molecule has 1 atom stereocenters. The number of hydrogen-bond acceptors (Lipinski definition) is 5. The SMILES string of the molecule is COc1ccc(CN2CCN([C@H](C)C(=O)Nc3ccc(C)cc3)CC2)cc1OC. The van der Waals surface area contributed by atoms with Gasteiger partial charge < -0.3 is 14.8 Å². The predicted molar refractivity (Wildman–Crippen MR) is 116 cm³/mol. The number of hydrogen-bond donors (Lipinski definition) is 1. The number of benzene rings is 2. The predicted octanol–water partition coefficient (Wildman–Crippen LogP) is 3.16. The summed E-state index contributed by atoms with van der Waals surface area (Å²) in [6.07, 6.45) is 0. The van der Waals surface area contributed by atoms with Crippen molar-refractivity contribution < 1.29 is 14.3 Å². The van der Waals surface area contributed by atoms with Crippen molar-refractivity contribution in [2.75, 3.05) is 45.7 Å². The molecule has 0 spiro atoms. The molecule has 0 saturated carbocycles. The molecule has 1 aliphatic rings. The lowest BCUT2D eigenvalue weighted by Gasteiger charge is -2.37. The number of piperazine rings is 1. The summed E-state index contributed by atoms with van der Waals surface area (Å²) >= 11 is 0. The second-order valence-electron chi connectivity index (χ2n) is 7.53. The number of rotatable bonds is 7. The van der Waals surface area contributed by atoms with Crippen LogP contribution in [0.2, 0.25) is 0 Å². The molecule has 6 nitrogen and oxygen atoms in total. The van der Waals surface area contributed by atoms with E-state index in [0.29, 0.717) is 0 Å². The number of ether oxygens (including phenoxy) is 2. The van der Waals surface area contributed by atoms with Gasteiger partial charge in [0, 0.05) is 38.4 Å². The molecule has 1 saturated heterocycles. The normalized spacial score (nSPS) is 16.3. The smallest absolute Gasteiger partial charge is 0.241 e. The Bertz CT molecular complexity index is 815. The molecular formula is C23H31N3O3. The van der Waals surface area contributed by atoms with E-state index >= 15 is 0 Å². The van der Waals surface area contributed by atoms with Crippen LogP contribution in [-0.4, -0.2) is 62.1 Å². The summed E-state index contributed by atoms with van der Waals surface area (Å²) in [7, 11) is 3.30. The minimum Gasteiger partial charge on any atom is -0.493 e. The molecule has 0 aromatic heterocycles. The van der Waals surface area contributed by atoms with Gasteiger partial charge in [0.25, 0.3) is 0 Å². The number of nitrogens with one attached hydrogen (secondary N) is 1. The molecule has 2 aromatic carbocycles. The molecule has 0 radical (unpaired) electrons. The van der Waals surface area contributed by atoms with Crippen LogP contribution in [0, 0.1) is 6.92 Å². The van der Waals surface area contributed by atoms with E-state index in [1.165, 1.54) is 11.1 Å². The quantitative estimate of drug-likeness (QED) is 0.778. The number of aryl methyl sites for hydroxylation is 1. The highest BCUT2D eigenvalue weighted by molar-refractivity contribution is 5.94. The van der Waals surface area contributed by atoms with Crippen molar-refractivity contribution in [1.29, 1.82) is 0 Å². The Balaban J connectivity index is 1.50. The average Bonchev–Trinajstić information content (AvgIpc) is 2.75. The summed E-state index contributed by atoms with van der Waals surface area (Å²) in [6, 6.07) is 13.8. The van der Waals surface area contributed by atoms with Crippen LogP contribution in [0.1, 0.15) is 18.1 Å². The first kappa shape index (κ1) is 21.1. The highest BCUT2D eigenvalue weighted by atomic mass is 16.5. The molecule has 2 aromatic rings. The fraction of sp³-hybridized carbons (Fsp3) is 0.435. The summed E-state index contributed by atoms with van der Waals surface area (Å²) in [4.78, 5) is 17.3. The van der Waals surface area contributed by atoms with E-state index in [9.17, 15) is 4.79 Å². The number of carbonyl (C=O) groups is 1. The van der Waals surface area contributed by atoms with Crippen LogP contribution in [0.15, 0.2) is 42.5 Å². The highest BCUT2D eigenvalue weighted by Crippen LogP contribution is 2.28. The number of carbonyl (C=O) groups excluding carboxylic acids is 1. The largest absolute Gasteiger partial charge is 0.493 e. The zero-order chi connectivity index (χ0) is 20.8. The number of nitrogens with zero attached hydrogens (tertiary/aromatic N) is 2. The van der Waals surface area contributed by atoms with Crippen LogP contribution in [0.3, 0.4) is 0 Å². The van der Waals surface area contributed by atoms with Gasteiger partial charge in [-0.05, 0) is 43.7 Å². The molecule has 1 heterocycles. The van der Waals surface area contributed by atoms with Gasteiger partial charge in [0.15, 0.2) is 11.5 Å². The van der Waals surface area contributed by atoms with Gasteiger partial charge in [-0.1, -0.05) is 23.8 Å². The van der Waals surface area contributed by atoms with Crippen molar-refractivity contribution in [3.8, 4) is 11.5 Å². The Hall–Kier alpha value is -2.57. The Morgan fingerprint density at radius 1 is 1.00 bits per heavy atom. The molecule has 1 N–H and O–H groups in total. The van der Waals surface area contributed by atoms with Gasteiger partial charge in [0.2, 0.25) is 5.91 Å². The maximum absolute atomic E-state index is 12.6. The van der Waals surface area contributed by atoms with E-state index in [4.69, 9.17) is 9.47 Å². The van der Waals surface area contributed by atoms with Crippen LogP contribution in [0.5, 0.6) is 11.5 Å². The van der Waals surface area contributed by atoms with Crippen LogP contribution in [0.25, 0.3) is 0 Å². The topological polar surface area (TPSA) is 54.0 Å². The van der Waals surface area contributed by atoms with Crippen molar-refractivity contribution in [3.05, 3.63) is 53.6 Å². The van der Waals surface area contributed by atoms with Gasteiger partial charge in [-0.15, -0.1) is 0 Å². The van der Waals surface area contributed by atoms with E-state index in [2.05, 4.69) is 21.2 Å². The molecule has 29 heavy (non-hydrogen) atoms. The van der Waals surface area contributed by atoms with Crippen molar-refractivity contribution in [1.82, 2.24) is 9.80 Å². The molecule has 1 amide bonds. The first-order valence-electron chi connectivity index (χ1n) is 10.0. The first-order valence-corrected chi connectivity index (χ1v) is 10.0. The molecule has 3 rings (SSSR count). The summed E-state index contributed by atoms with van der Waals surface area (Å²) in [5.41, 5.74) is 3.22. The number of methoxy groups -OCH3 is 2. The monoisotopic (exact) mass is 397 g/mol. The van der Waals surface area contributed by atoms with Gasteiger partial charge in [0.1, 0.15) is 0 Å². The third kappa shape index (κ3) is 5.49. The fourth-order valence-electron chi connectivity index (χ4n) is 3.60. The molecule has 0 aliphatic carbocycles. The van der Waals surface area contributed by atoms with Crippen molar-refractivity contribution in [2.24, 2.45) is 0 Å². The molecule has 1 aliphatic heterocycles. The highest BCUT2D eigenvalue weighted by Gasteiger charge is 2.25. The van der Waals surface area contributed by atoms with Gasteiger partial charge in [0.05, 0.1) is 20.3 Å². The molecule has 0 bridgehead atoms.